The van der Waals surface area contributed by atoms with Gasteiger partial charge in [0.25, 0.3) is 0 Å². The van der Waals surface area contributed by atoms with Crippen LogP contribution in [0, 0.1) is 0 Å². The molecule has 0 amide bonds. The Hall–Kier alpha value is -0.820. The Balaban J connectivity index is 2.91. The van der Waals surface area contributed by atoms with Gasteiger partial charge in [-0.1, -0.05) is 11.6 Å². The maximum atomic E-state index is 12.0. The molecule has 0 fully saturated rings. The smallest absolute Gasteiger partial charge is 0.244 e. The largest absolute Gasteiger partial charge is 0.495 e. The van der Waals surface area contributed by atoms with Gasteiger partial charge in [-0.15, -0.1) is 0 Å². The molecule has 3 N–H and O–H groups in total. The van der Waals surface area contributed by atoms with E-state index in [1.54, 1.807) is 0 Å². The van der Waals surface area contributed by atoms with Gasteiger partial charge in [0.05, 0.1) is 7.11 Å². The average molecular weight is 293 g/mol. The Morgan fingerprint density at radius 1 is 1.50 bits per heavy atom. The molecule has 1 unspecified atom stereocenters. The van der Waals surface area contributed by atoms with E-state index in [4.69, 9.17) is 22.1 Å². The molecule has 1 rings (SSSR count). The van der Waals surface area contributed by atoms with Crippen molar-refractivity contribution in [2.75, 3.05) is 13.7 Å². The Morgan fingerprint density at radius 2 is 2.17 bits per heavy atom. The van der Waals surface area contributed by atoms with Crippen molar-refractivity contribution in [3.63, 3.8) is 0 Å². The van der Waals surface area contributed by atoms with E-state index in [1.165, 1.54) is 25.3 Å². The minimum Gasteiger partial charge on any atom is -0.495 e. The van der Waals surface area contributed by atoms with Gasteiger partial charge >= 0.3 is 0 Å². The molecule has 7 heteroatoms. The summed E-state index contributed by atoms with van der Waals surface area (Å²) in [5.74, 6) is 0.218. The van der Waals surface area contributed by atoms with Crippen LogP contribution in [0.25, 0.3) is 0 Å². The molecule has 1 atom stereocenters. The number of ether oxygens (including phenoxy) is 1. The van der Waals surface area contributed by atoms with Crippen LogP contribution >= 0.6 is 11.6 Å². The first-order chi connectivity index (χ1) is 8.36. The molecule has 1 aromatic rings. The Morgan fingerprint density at radius 3 is 2.72 bits per heavy atom. The van der Waals surface area contributed by atoms with E-state index >= 15 is 0 Å². The van der Waals surface area contributed by atoms with Crippen LogP contribution in [-0.2, 0) is 10.0 Å². The number of methoxy groups -OCH3 is 1. The van der Waals surface area contributed by atoms with Crippen LogP contribution in [0.5, 0.6) is 5.75 Å². The fourth-order valence-corrected chi connectivity index (χ4v) is 2.72. The van der Waals surface area contributed by atoms with E-state index in [2.05, 4.69) is 4.72 Å². The lowest BCUT2D eigenvalue weighted by atomic mass is 10.3. The van der Waals surface area contributed by atoms with E-state index in [-0.39, 0.29) is 23.2 Å². The molecule has 5 nitrogen and oxygen atoms in total. The molecular weight excluding hydrogens is 276 g/mol. The number of nitrogens with one attached hydrogen (secondary N) is 1. The normalized spacial score (nSPS) is 13.3. The quantitative estimate of drug-likeness (QED) is 0.829. The third-order valence-corrected chi connectivity index (χ3v) is 4.04. The molecule has 0 saturated carbocycles. The number of halogens is 1. The maximum Gasteiger partial charge on any atom is 0.244 e. The highest BCUT2D eigenvalue weighted by molar-refractivity contribution is 7.89. The van der Waals surface area contributed by atoms with Gasteiger partial charge in [0.2, 0.25) is 10.0 Å². The summed E-state index contributed by atoms with van der Waals surface area (Å²) >= 11 is 5.78. The number of benzene rings is 1. The second-order valence-corrected chi connectivity index (χ2v) is 6.13. The summed E-state index contributed by atoms with van der Waals surface area (Å²) in [6.07, 6.45) is 0.565. The molecule has 0 radical (unpaired) electrons. The van der Waals surface area contributed by atoms with Crippen LogP contribution in [0.2, 0.25) is 5.02 Å². The molecule has 0 aromatic heterocycles. The first kappa shape index (κ1) is 15.2. The Kier molecular flexibility index (Phi) is 5.40. The van der Waals surface area contributed by atoms with E-state index < -0.39 is 10.0 Å². The maximum absolute atomic E-state index is 12.0. The first-order valence-corrected chi connectivity index (χ1v) is 7.31. The van der Waals surface area contributed by atoms with E-state index in [9.17, 15) is 8.42 Å². The van der Waals surface area contributed by atoms with Crippen molar-refractivity contribution in [3.8, 4) is 5.75 Å². The second kappa shape index (κ2) is 6.38. The van der Waals surface area contributed by atoms with E-state index in [0.717, 1.165) is 0 Å². The topological polar surface area (TPSA) is 81.4 Å². The van der Waals surface area contributed by atoms with Crippen LogP contribution in [0.1, 0.15) is 13.3 Å². The van der Waals surface area contributed by atoms with Crippen LogP contribution < -0.4 is 15.2 Å². The molecule has 0 saturated heterocycles. The second-order valence-electron chi connectivity index (χ2n) is 3.96. The van der Waals surface area contributed by atoms with Gasteiger partial charge in [0.15, 0.2) is 0 Å². The lowest BCUT2D eigenvalue weighted by Crippen LogP contribution is -2.29. The minimum absolute atomic E-state index is 0.0557. The summed E-state index contributed by atoms with van der Waals surface area (Å²) in [4.78, 5) is 0.0686. The third-order valence-electron chi connectivity index (χ3n) is 2.31. The van der Waals surface area contributed by atoms with Crippen molar-refractivity contribution in [2.24, 2.45) is 5.73 Å². The van der Waals surface area contributed by atoms with Crippen molar-refractivity contribution < 1.29 is 13.2 Å². The summed E-state index contributed by atoms with van der Waals surface area (Å²) in [5.41, 5.74) is 5.56. The van der Waals surface area contributed by atoms with Gasteiger partial charge in [-0.2, -0.15) is 0 Å². The van der Waals surface area contributed by atoms with Crippen LogP contribution in [-0.4, -0.2) is 28.1 Å². The molecule has 0 heterocycles. The zero-order chi connectivity index (χ0) is 13.8. The van der Waals surface area contributed by atoms with Gasteiger partial charge in [0, 0.05) is 23.7 Å². The van der Waals surface area contributed by atoms with Gasteiger partial charge < -0.3 is 10.5 Å². The highest BCUT2D eigenvalue weighted by Gasteiger charge is 2.19. The molecule has 18 heavy (non-hydrogen) atoms. The predicted molar refractivity (Wildman–Crippen MR) is 71.5 cm³/mol. The molecular formula is C11H17ClN2O3S. The van der Waals surface area contributed by atoms with E-state index in [1.807, 2.05) is 6.92 Å². The van der Waals surface area contributed by atoms with Crippen molar-refractivity contribution in [1.82, 2.24) is 4.72 Å². The van der Waals surface area contributed by atoms with Crippen molar-refractivity contribution in [3.05, 3.63) is 23.2 Å². The summed E-state index contributed by atoms with van der Waals surface area (Å²) in [5, 5.41) is 0.418. The molecule has 0 bridgehead atoms. The molecule has 0 aliphatic rings. The summed E-state index contributed by atoms with van der Waals surface area (Å²) in [7, 11) is -2.21. The highest BCUT2D eigenvalue weighted by atomic mass is 35.5. The average Bonchev–Trinajstić information content (AvgIpc) is 2.27. The number of hydrogen-bond acceptors (Lipinski definition) is 4. The molecule has 0 aliphatic carbocycles. The predicted octanol–water partition coefficient (Wildman–Crippen LogP) is 1.36. The number of rotatable bonds is 6. The van der Waals surface area contributed by atoms with Crippen molar-refractivity contribution in [2.45, 2.75) is 24.3 Å². The third kappa shape index (κ3) is 4.13. The monoisotopic (exact) mass is 292 g/mol. The lowest BCUT2D eigenvalue weighted by molar-refractivity contribution is 0.402. The van der Waals surface area contributed by atoms with Gasteiger partial charge in [-0.05, 0) is 25.5 Å². The van der Waals surface area contributed by atoms with Crippen LogP contribution in [0.3, 0.4) is 0 Å². The molecule has 1 aromatic carbocycles. The SMILES string of the molecule is COc1cc(Cl)ccc1S(=O)(=O)NCCC(C)N. The Labute approximate surface area is 112 Å². The highest BCUT2D eigenvalue weighted by Crippen LogP contribution is 2.26. The fraction of sp³-hybridized carbons (Fsp3) is 0.455. The number of sulfonamides is 1. The van der Waals surface area contributed by atoms with Crippen molar-refractivity contribution >= 4 is 21.6 Å². The van der Waals surface area contributed by atoms with Crippen LogP contribution in [0.15, 0.2) is 23.1 Å². The Bertz CT molecular complexity index is 503. The number of hydrogen-bond donors (Lipinski definition) is 2. The standard InChI is InChI=1S/C11H17ClN2O3S/c1-8(13)5-6-14-18(15,16)11-4-3-9(12)7-10(11)17-2/h3-4,7-8,14H,5-6,13H2,1-2H3. The molecule has 0 aliphatic heterocycles. The van der Waals surface area contributed by atoms with Gasteiger partial charge in [-0.25, -0.2) is 13.1 Å². The van der Waals surface area contributed by atoms with E-state index in [0.29, 0.717) is 11.4 Å². The number of nitrogens with two attached hydrogens (primary N) is 1. The van der Waals surface area contributed by atoms with Crippen molar-refractivity contribution in [1.29, 1.82) is 0 Å². The minimum atomic E-state index is -3.60. The summed E-state index contributed by atoms with van der Waals surface area (Å²) in [6, 6.07) is 4.32. The summed E-state index contributed by atoms with van der Waals surface area (Å²) < 4.78 is 31.5. The van der Waals surface area contributed by atoms with Gasteiger partial charge in [-0.3, -0.25) is 0 Å². The fourth-order valence-electron chi connectivity index (χ4n) is 1.36. The first-order valence-electron chi connectivity index (χ1n) is 5.45. The molecule has 0 spiro atoms. The van der Waals surface area contributed by atoms with Crippen LogP contribution in [0.4, 0.5) is 0 Å². The molecule has 102 valence electrons. The lowest BCUT2D eigenvalue weighted by Gasteiger charge is -2.11. The zero-order valence-corrected chi connectivity index (χ0v) is 11.9. The zero-order valence-electron chi connectivity index (χ0n) is 10.3. The van der Waals surface area contributed by atoms with Gasteiger partial charge in [0.1, 0.15) is 10.6 Å². The summed E-state index contributed by atoms with van der Waals surface area (Å²) in [6.45, 7) is 2.10.